The van der Waals surface area contributed by atoms with E-state index >= 15 is 0 Å². The van der Waals surface area contributed by atoms with E-state index < -0.39 is 6.04 Å². The number of rotatable bonds is 6. The smallest absolute Gasteiger partial charge is 0.249 e. The summed E-state index contributed by atoms with van der Waals surface area (Å²) in [5, 5.41) is 15.9. The van der Waals surface area contributed by atoms with Gasteiger partial charge in [-0.3, -0.25) is 4.79 Å². The minimum absolute atomic E-state index is 0. The van der Waals surface area contributed by atoms with Gasteiger partial charge in [-0.15, -0.1) is 22.6 Å². The Morgan fingerprint density at radius 1 is 1.27 bits per heavy atom. The number of halogens is 1. The van der Waals surface area contributed by atoms with Crippen LogP contribution in [0.3, 0.4) is 0 Å². The lowest BCUT2D eigenvalue weighted by atomic mass is 9.96. The molecular formula is C18H27ClN6O. The van der Waals surface area contributed by atoms with E-state index in [4.69, 9.17) is 0 Å². The van der Waals surface area contributed by atoms with Crippen LogP contribution in [-0.2, 0) is 4.79 Å². The lowest BCUT2D eigenvalue weighted by molar-refractivity contribution is -0.136. The molecule has 1 aromatic carbocycles. The van der Waals surface area contributed by atoms with Crippen molar-refractivity contribution < 1.29 is 4.79 Å². The zero-order valence-corrected chi connectivity index (χ0v) is 16.2. The van der Waals surface area contributed by atoms with Crippen molar-refractivity contribution >= 4 is 18.3 Å². The van der Waals surface area contributed by atoms with Crippen LogP contribution in [0, 0.1) is 5.92 Å². The molecule has 2 aromatic rings. The van der Waals surface area contributed by atoms with Crippen molar-refractivity contribution in [3.63, 3.8) is 0 Å². The molecule has 1 fully saturated rings. The third-order valence-electron chi connectivity index (χ3n) is 4.77. The molecule has 1 unspecified atom stereocenters. The van der Waals surface area contributed by atoms with Crippen molar-refractivity contribution in [2.75, 3.05) is 26.2 Å². The van der Waals surface area contributed by atoms with E-state index in [1.165, 1.54) is 4.80 Å². The van der Waals surface area contributed by atoms with Gasteiger partial charge in [0.15, 0.2) is 0 Å². The van der Waals surface area contributed by atoms with Gasteiger partial charge in [-0.05, 0) is 44.0 Å². The maximum atomic E-state index is 12.7. The number of aromatic nitrogens is 4. The Labute approximate surface area is 160 Å². The lowest BCUT2D eigenvalue weighted by Gasteiger charge is -2.33. The van der Waals surface area contributed by atoms with Gasteiger partial charge in [0.2, 0.25) is 11.7 Å². The summed E-state index contributed by atoms with van der Waals surface area (Å²) >= 11 is 0. The molecule has 0 aliphatic carbocycles. The van der Waals surface area contributed by atoms with Gasteiger partial charge >= 0.3 is 0 Å². The first kappa shape index (κ1) is 20.3. The van der Waals surface area contributed by atoms with Crippen LogP contribution in [-0.4, -0.2) is 57.2 Å². The molecule has 0 spiro atoms. The number of hydrogen-bond acceptors (Lipinski definition) is 5. The average Bonchev–Trinajstić information content (AvgIpc) is 3.16. The van der Waals surface area contributed by atoms with Crippen LogP contribution in [0.25, 0.3) is 11.4 Å². The number of hydrogen-bond donors (Lipinski definition) is 1. The summed E-state index contributed by atoms with van der Waals surface area (Å²) in [5.41, 5.74) is 0.901. The number of amides is 1. The van der Waals surface area contributed by atoms with Gasteiger partial charge in [-0.25, -0.2) is 0 Å². The maximum Gasteiger partial charge on any atom is 0.249 e. The first-order valence-corrected chi connectivity index (χ1v) is 9.03. The maximum absolute atomic E-state index is 12.7. The van der Waals surface area contributed by atoms with Gasteiger partial charge in [-0.2, -0.15) is 4.80 Å². The van der Waals surface area contributed by atoms with Crippen molar-refractivity contribution in [2.24, 2.45) is 5.92 Å². The fourth-order valence-corrected chi connectivity index (χ4v) is 3.16. The van der Waals surface area contributed by atoms with Gasteiger partial charge < -0.3 is 10.2 Å². The Morgan fingerprint density at radius 2 is 1.96 bits per heavy atom. The van der Waals surface area contributed by atoms with Crippen molar-refractivity contribution in [1.29, 1.82) is 0 Å². The second-order valence-corrected chi connectivity index (χ2v) is 6.55. The van der Waals surface area contributed by atoms with E-state index in [1.54, 1.807) is 0 Å². The fraction of sp³-hybridized carbons (Fsp3) is 0.556. The standard InChI is InChI=1S/C18H26N6O.ClH/c1-3-19-13-15-9-11-23(12-10-15)18(25)14(2)24-21-17(20-22-24)16-7-5-4-6-8-16;/h4-8,14-15,19H,3,9-13H2,1-2H3;1H. The van der Waals surface area contributed by atoms with E-state index in [9.17, 15) is 4.79 Å². The van der Waals surface area contributed by atoms with Crippen molar-refractivity contribution in [2.45, 2.75) is 32.7 Å². The molecule has 26 heavy (non-hydrogen) atoms. The molecule has 1 N–H and O–H groups in total. The lowest BCUT2D eigenvalue weighted by Crippen LogP contribution is -2.43. The molecule has 1 amide bonds. The Bertz CT molecular complexity index is 684. The van der Waals surface area contributed by atoms with Gasteiger partial charge in [0, 0.05) is 18.7 Å². The Kier molecular flexibility index (Phi) is 7.53. The van der Waals surface area contributed by atoms with Crippen LogP contribution >= 0.6 is 12.4 Å². The van der Waals surface area contributed by atoms with Crippen molar-refractivity contribution in [1.82, 2.24) is 30.4 Å². The molecule has 1 aliphatic heterocycles. The summed E-state index contributed by atoms with van der Waals surface area (Å²) in [6.07, 6.45) is 2.09. The molecule has 142 valence electrons. The minimum atomic E-state index is -0.435. The monoisotopic (exact) mass is 378 g/mol. The number of nitrogens with one attached hydrogen (secondary N) is 1. The molecule has 1 aromatic heterocycles. The van der Waals surface area contributed by atoms with E-state index in [1.807, 2.05) is 42.2 Å². The molecule has 1 atom stereocenters. The van der Waals surface area contributed by atoms with Gasteiger partial charge in [0.25, 0.3) is 0 Å². The molecular weight excluding hydrogens is 352 g/mol. The highest BCUT2D eigenvalue weighted by Gasteiger charge is 2.28. The number of carbonyl (C=O) groups excluding carboxylic acids is 1. The minimum Gasteiger partial charge on any atom is -0.341 e. The molecule has 0 bridgehead atoms. The third-order valence-corrected chi connectivity index (χ3v) is 4.77. The van der Waals surface area contributed by atoms with Crippen LogP contribution in [0.4, 0.5) is 0 Å². The van der Waals surface area contributed by atoms with Gasteiger partial charge in [0.1, 0.15) is 6.04 Å². The van der Waals surface area contributed by atoms with Crippen LogP contribution in [0.15, 0.2) is 30.3 Å². The SMILES string of the molecule is CCNCC1CCN(C(=O)C(C)n2nnc(-c3ccccc3)n2)CC1.Cl. The third kappa shape index (κ3) is 4.80. The topological polar surface area (TPSA) is 75.9 Å². The summed E-state index contributed by atoms with van der Waals surface area (Å²) in [6, 6.07) is 9.24. The zero-order valence-electron chi connectivity index (χ0n) is 15.3. The quantitative estimate of drug-likeness (QED) is 0.833. The van der Waals surface area contributed by atoms with E-state index in [0.717, 1.165) is 44.6 Å². The second-order valence-electron chi connectivity index (χ2n) is 6.55. The second kappa shape index (κ2) is 9.64. The first-order valence-electron chi connectivity index (χ1n) is 9.03. The predicted molar refractivity (Wildman–Crippen MR) is 103 cm³/mol. The molecule has 3 rings (SSSR count). The highest BCUT2D eigenvalue weighted by molar-refractivity contribution is 5.85. The Balaban J connectivity index is 0.00000243. The summed E-state index contributed by atoms with van der Waals surface area (Å²) in [4.78, 5) is 16.1. The van der Waals surface area contributed by atoms with E-state index in [-0.39, 0.29) is 18.3 Å². The highest BCUT2D eigenvalue weighted by Crippen LogP contribution is 2.20. The summed E-state index contributed by atoms with van der Waals surface area (Å²) in [6.45, 7) is 7.61. The zero-order chi connectivity index (χ0) is 17.6. The molecule has 1 saturated heterocycles. The van der Waals surface area contributed by atoms with Crippen LogP contribution in [0.1, 0.15) is 32.7 Å². The molecule has 7 nitrogen and oxygen atoms in total. The van der Waals surface area contributed by atoms with Crippen LogP contribution in [0.5, 0.6) is 0 Å². The molecule has 8 heteroatoms. The number of benzene rings is 1. The predicted octanol–water partition coefficient (Wildman–Crippen LogP) is 2.17. The van der Waals surface area contributed by atoms with E-state index in [0.29, 0.717) is 11.7 Å². The molecule has 0 saturated carbocycles. The number of nitrogens with zero attached hydrogens (tertiary/aromatic N) is 5. The molecule has 2 heterocycles. The van der Waals surface area contributed by atoms with Crippen LogP contribution < -0.4 is 5.32 Å². The van der Waals surface area contributed by atoms with Crippen molar-refractivity contribution in [3.05, 3.63) is 30.3 Å². The molecule has 1 aliphatic rings. The summed E-state index contributed by atoms with van der Waals surface area (Å²) < 4.78 is 0. The van der Waals surface area contributed by atoms with Crippen molar-refractivity contribution in [3.8, 4) is 11.4 Å². The van der Waals surface area contributed by atoms with Crippen LogP contribution in [0.2, 0.25) is 0 Å². The summed E-state index contributed by atoms with van der Waals surface area (Å²) in [5.74, 6) is 1.27. The number of likely N-dealkylation sites (tertiary alicyclic amines) is 1. The first-order chi connectivity index (χ1) is 12.2. The largest absolute Gasteiger partial charge is 0.341 e. The number of piperidine rings is 1. The number of tetrazole rings is 1. The van der Waals surface area contributed by atoms with E-state index in [2.05, 4.69) is 27.7 Å². The average molecular weight is 379 g/mol. The highest BCUT2D eigenvalue weighted by atomic mass is 35.5. The normalized spacial score (nSPS) is 16.2. The summed E-state index contributed by atoms with van der Waals surface area (Å²) in [7, 11) is 0. The fourth-order valence-electron chi connectivity index (χ4n) is 3.16. The number of carbonyl (C=O) groups is 1. The molecule has 0 radical (unpaired) electrons. The Morgan fingerprint density at radius 3 is 2.62 bits per heavy atom. The van der Waals surface area contributed by atoms with Gasteiger partial charge in [-0.1, -0.05) is 37.3 Å². The van der Waals surface area contributed by atoms with Gasteiger partial charge in [0.05, 0.1) is 0 Å². The Hall–Kier alpha value is -1.99.